The van der Waals surface area contributed by atoms with Gasteiger partial charge in [-0.3, -0.25) is 8.75 Å². The van der Waals surface area contributed by atoms with Gasteiger partial charge in [-0.1, -0.05) is 12.8 Å². The lowest BCUT2D eigenvalue weighted by molar-refractivity contribution is 0.361. The van der Waals surface area contributed by atoms with Crippen molar-refractivity contribution in [2.45, 2.75) is 6.92 Å². The van der Waals surface area contributed by atoms with Crippen LogP contribution < -0.4 is 0 Å². The number of hydrogen-bond donors (Lipinski definition) is 0. The smallest absolute Gasteiger partial charge is 0.277 e. The van der Waals surface area contributed by atoms with E-state index in [1.807, 2.05) is 5.92 Å². The third kappa shape index (κ3) is 4.77. The van der Waals surface area contributed by atoms with Gasteiger partial charge < -0.3 is 4.52 Å². The summed E-state index contributed by atoms with van der Waals surface area (Å²) in [6.45, 7) is 1.23. The molecule has 1 unspecified atom stereocenters. The van der Waals surface area contributed by atoms with Gasteiger partial charge in [0.2, 0.25) is 7.37 Å². The van der Waals surface area contributed by atoms with Crippen LogP contribution in [0.3, 0.4) is 0 Å². The average molecular weight is 240 g/mol. The molecule has 0 bridgehead atoms. The van der Waals surface area contributed by atoms with Gasteiger partial charge in [-0.25, -0.2) is 0 Å². The molecule has 0 spiro atoms. The van der Waals surface area contributed by atoms with E-state index in [0.717, 1.165) is 0 Å². The number of hydrogen-bond acceptors (Lipinski definition) is 5. The second kappa shape index (κ2) is 5.52. The predicted octanol–water partition coefficient (Wildman–Crippen LogP) is 0.868. The molecular weight excluding hydrogens is 227 g/mol. The van der Waals surface area contributed by atoms with Crippen molar-refractivity contribution in [2.24, 2.45) is 0 Å². The molecule has 5 nitrogen and oxygen atoms in total. The van der Waals surface area contributed by atoms with Gasteiger partial charge >= 0.3 is 0 Å². The van der Waals surface area contributed by atoms with Gasteiger partial charge in [-0.15, -0.1) is 6.42 Å². The Balaban J connectivity index is 4.51. The van der Waals surface area contributed by atoms with Gasteiger partial charge in [0.05, 0.1) is 0 Å². The van der Waals surface area contributed by atoms with Crippen molar-refractivity contribution in [3.05, 3.63) is 0 Å². The predicted molar refractivity (Wildman–Crippen MR) is 53.7 cm³/mol. The molecule has 1 atom stereocenters. The molecular formula is C7H13O5PS. The van der Waals surface area contributed by atoms with Crippen LogP contribution in [0.4, 0.5) is 0 Å². The molecule has 0 saturated carbocycles. The Morgan fingerprint density at radius 1 is 1.50 bits per heavy atom. The van der Waals surface area contributed by atoms with E-state index in [1.54, 1.807) is 6.92 Å². The normalized spacial score (nSPS) is 15.8. The maximum Gasteiger partial charge on any atom is 0.277 e. The van der Waals surface area contributed by atoms with Crippen LogP contribution in [0.2, 0.25) is 0 Å². The van der Waals surface area contributed by atoms with Crippen LogP contribution in [0.25, 0.3) is 0 Å². The molecule has 7 heteroatoms. The van der Waals surface area contributed by atoms with E-state index in [-0.39, 0.29) is 12.8 Å². The topological polar surface area (TPSA) is 69.7 Å². The first-order chi connectivity index (χ1) is 6.39. The van der Waals surface area contributed by atoms with Gasteiger partial charge in [-0.2, -0.15) is 8.42 Å². The van der Waals surface area contributed by atoms with E-state index in [2.05, 4.69) is 8.71 Å². The largest absolute Gasteiger partial charge is 0.331 e. The molecule has 0 rings (SSSR count). The van der Waals surface area contributed by atoms with E-state index in [4.69, 9.17) is 6.42 Å². The Bertz CT molecular complexity index is 345. The molecule has 0 heterocycles. The minimum absolute atomic E-state index is 0.141. The van der Waals surface area contributed by atoms with Crippen LogP contribution in [0.15, 0.2) is 0 Å². The second-order valence-electron chi connectivity index (χ2n) is 2.47. The molecule has 0 aliphatic carbocycles. The Morgan fingerprint density at radius 3 is 2.43 bits per heavy atom. The first-order valence-corrected chi connectivity index (χ1v) is 7.41. The fourth-order valence-corrected chi connectivity index (χ4v) is 4.56. The fourth-order valence-electron chi connectivity index (χ4n) is 0.675. The summed E-state index contributed by atoms with van der Waals surface area (Å²) in [6, 6.07) is 0. The summed E-state index contributed by atoms with van der Waals surface area (Å²) >= 11 is 0. The summed E-state index contributed by atoms with van der Waals surface area (Å²) in [5, 5.41) is 0. The quantitative estimate of drug-likeness (QED) is 0.391. The summed E-state index contributed by atoms with van der Waals surface area (Å²) < 4.78 is 42.9. The van der Waals surface area contributed by atoms with Crippen LogP contribution in [0.5, 0.6) is 0 Å². The van der Waals surface area contributed by atoms with Crippen molar-refractivity contribution < 1.29 is 21.7 Å². The maximum atomic E-state index is 11.6. The highest BCUT2D eigenvalue weighted by Crippen LogP contribution is 2.46. The third-order valence-corrected chi connectivity index (χ3v) is 6.44. The monoisotopic (exact) mass is 240 g/mol. The molecule has 0 saturated heterocycles. The van der Waals surface area contributed by atoms with E-state index in [1.165, 1.54) is 7.11 Å². The van der Waals surface area contributed by atoms with Crippen LogP contribution in [-0.2, 0) is 23.4 Å². The Hall–Kier alpha value is -0.340. The zero-order valence-electron chi connectivity index (χ0n) is 8.10. The second-order valence-corrected chi connectivity index (χ2v) is 7.48. The zero-order chi connectivity index (χ0) is 11.2. The van der Waals surface area contributed by atoms with Crippen molar-refractivity contribution in [3.63, 3.8) is 0 Å². The zero-order valence-corrected chi connectivity index (χ0v) is 9.81. The average Bonchev–Trinajstić information content (AvgIpc) is 2.14. The highest BCUT2D eigenvalue weighted by Gasteiger charge is 2.28. The number of rotatable bonds is 6. The van der Waals surface area contributed by atoms with Crippen molar-refractivity contribution in [2.75, 3.05) is 25.4 Å². The van der Waals surface area contributed by atoms with Gasteiger partial charge in [0.25, 0.3) is 10.1 Å². The van der Waals surface area contributed by atoms with Crippen molar-refractivity contribution >= 4 is 17.5 Å². The minimum atomic E-state index is -3.86. The van der Waals surface area contributed by atoms with Crippen molar-refractivity contribution in [1.29, 1.82) is 0 Å². The molecule has 0 aromatic rings. The van der Waals surface area contributed by atoms with Crippen LogP contribution in [0.1, 0.15) is 6.92 Å². The van der Waals surface area contributed by atoms with E-state index < -0.39 is 23.0 Å². The maximum absolute atomic E-state index is 11.6. The van der Waals surface area contributed by atoms with E-state index in [0.29, 0.717) is 0 Å². The Kier molecular flexibility index (Phi) is 5.38. The van der Waals surface area contributed by atoms with Gasteiger partial charge in [0.1, 0.15) is 6.61 Å². The summed E-state index contributed by atoms with van der Waals surface area (Å²) in [7, 11) is -5.77. The molecule has 0 aliphatic rings. The summed E-state index contributed by atoms with van der Waals surface area (Å²) in [5.41, 5.74) is -0.630. The molecule has 14 heavy (non-hydrogen) atoms. The van der Waals surface area contributed by atoms with Crippen LogP contribution in [0, 0.1) is 12.3 Å². The molecule has 0 N–H and O–H groups in total. The summed E-state index contributed by atoms with van der Waals surface area (Å²) in [5.74, 6) is 2.01. The van der Waals surface area contributed by atoms with E-state index in [9.17, 15) is 13.0 Å². The highest BCUT2D eigenvalue weighted by molar-refractivity contribution is 7.94. The summed E-state index contributed by atoms with van der Waals surface area (Å²) in [4.78, 5) is 0. The van der Waals surface area contributed by atoms with Crippen LogP contribution >= 0.6 is 7.37 Å². The molecule has 82 valence electrons. The van der Waals surface area contributed by atoms with Gasteiger partial charge in [-0.05, 0) is 0 Å². The standard InChI is InChI=1S/C7H13O5PS/c1-4-6-12-14(9,10)7-13(8,5-2)11-3/h1H,5-7H2,2-3H3. The summed E-state index contributed by atoms with van der Waals surface area (Å²) in [6.07, 6.45) is 4.97. The fraction of sp³-hybridized carbons (Fsp3) is 0.714. The first-order valence-electron chi connectivity index (χ1n) is 3.83. The third-order valence-electron chi connectivity index (χ3n) is 1.49. The van der Waals surface area contributed by atoms with E-state index >= 15 is 0 Å². The molecule has 0 aliphatic heterocycles. The molecule has 0 fully saturated rings. The SMILES string of the molecule is C#CCOS(=O)(=O)CP(=O)(CC)OC. The molecule has 0 radical (unpaired) electrons. The Labute approximate surface area is 84.4 Å². The van der Waals surface area contributed by atoms with Crippen LogP contribution in [-0.4, -0.2) is 33.8 Å². The molecule has 0 aromatic carbocycles. The lowest BCUT2D eigenvalue weighted by Gasteiger charge is -2.13. The van der Waals surface area contributed by atoms with Gasteiger partial charge in [0, 0.05) is 13.3 Å². The van der Waals surface area contributed by atoms with Crippen molar-refractivity contribution in [1.82, 2.24) is 0 Å². The Morgan fingerprint density at radius 2 is 2.07 bits per heavy atom. The first kappa shape index (κ1) is 13.7. The molecule has 0 amide bonds. The number of terminal acetylenes is 1. The lowest BCUT2D eigenvalue weighted by Crippen LogP contribution is -2.12. The minimum Gasteiger partial charge on any atom is -0.331 e. The highest BCUT2D eigenvalue weighted by atomic mass is 32.2. The van der Waals surface area contributed by atoms with Crippen molar-refractivity contribution in [3.8, 4) is 12.3 Å². The van der Waals surface area contributed by atoms with Gasteiger partial charge in [0.15, 0.2) is 5.49 Å². The molecule has 0 aromatic heterocycles. The lowest BCUT2D eigenvalue weighted by atomic mass is 10.8.